The minimum Gasteiger partial charge on any atom is -0.457 e. The Balaban J connectivity index is 2.91. The second-order valence-electron chi connectivity index (χ2n) is 5.15. The van der Waals surface area contributed by atoms with Gasteiger partial charge < -0.3 is 4.42 Å². The third-order valence-corrected chi connectivity index (χ3v) is 3.09. The average Bonchev–Trinajstić information content (AvgIpc) is 2.54. The molecule has 0 aliphatic rings. The van der Waals surface area contributed by atoms with Crippen LogP contribution in [0.1, 0.15) is 49.6 Å². The van der Waals surface area contributed by atoms with Crippen LogP contribution in [0.25, 0.3) is 0 Å². The van der Waals surface area contributed by atoms with E-state index in [9.17, 15) is 4.79 Å². The van der Waals surface area contributed by atoms with E-state index in [1.807, 2.05) is 6.92 Å². The molecule has 96 valence electrons. The van der Waals surface area contributed by atoms with Crippen molar-refractivity contribution in [3.63, 3.8) is 0 Å². The highest BCUT2D eigenvalue weighted by atomic mass is 35.5. The normalized spacial score (nSPS) is 12.2. The van der Waals surface area contributed by atoms with Crippen molar-refractivity contribution in [3.05, 3.63) is 23.2 Å². The fourth-order valence-electron chi connectivity index (χ4n) is 1.80. The number of nitrogens with zero attached hydrogens (tertiary/aromatic N) is 1. The van der Waals surface area contributed by atoms with E-state index in [4.69, 9.17) is 16.0 Å². The molecule has 1 rings (SSSR count). The fourth-order valence-corrected chi connectivity index (χ4v) is 1.90. The van der Waals surface area contributed by atoms with Crippen molar-refractivity contribution in [1.29, 1.82) is 0 Å². The van der Waals surface area contributed by atoms with Crippen molar-refractivity contribution in [3.8, 4) is 0 Å². The number of carbonyl (C=O) groups excluding carboxylic acids is 1. The van der Waals surface area contributed by atoms with Crippen LogP contribution in [0.15, 0.2) is 10.5 Å². The van der Waals surface area contributed by atoms with Gasteiger partial charge in [-0.2, -0.15) is 0 Å². The third-order valence-electron chi connectivity index (χ3n) is 2.91. The molecule has 0 spiro atoms. The standard InChI is InChI=1S/C13H20ClNO2/c1-6-15(13(3,4)5)8-10-7-11(12(14)16)17-9(10)2/h7H,6,8H2,1-5H3. The smallest absolute Gasteiger partial charge is 0.287 e. The van der Waals surface area contributed by atoms with Gasteiger partial charge in [-0.3, -0.25) is 9.69 Å². The van der Waals surface area contributed by atoms with Crippen LogP contribution in [-0.4, -0.2) is 22.2 Å². The molecule has 1 aromatic heterocycles. The molecule has 0 bridgehead atoms. The van der Waals surface area contributed by atoms with Crippen molar-refractivity contribution < 1.29 is 9.21 Å². The number of carbonyl (C=O) groups is 1. The van der Waals surface area contributed by atoms with Crippen LogP contribution >= 0.6 is 11.6 Å². The van der Waals surface area contributed by atoms with Gasteiger partial charge in [0.25, 0.3) is 5.24 Å². The minimum absolute atomic E-state index is 0.0869. The van der Waals surface area contributed by atoms with Gasteiger partial charge in [0, 0.05) is 17.6 Å². The van der Waals surface area contributed by atoms with Crippen molar-refractivity contribution in [2.45, 2.75) is 46.7 Å². The predicted molar refractivity (Wildman–Crippen MR) is 69.5 cm³/mol. The molecular formula is C13H20ClNO2. The molecule has 0 aliphatic carbocycles. The first kappa shape index (κ1) is 14.3. The Bertz CT molecular complexity index is 404. The second-order valence-corrected chi connectivity index (χ2v) is 5.49. The minimum atomic E-state index is -0.543. The molecule has 0 unspecified atom stereocenters. The summed E-state index contributed by atoms with van der Waals surface area (Å²) >= 11 is 5.40. The van der Waals surface area contributed by atoms with Crippen LogP contribution in [0.2, 0.25) is 0 Å². The van der Waals surface area contributed by atoms with E-state index >= 15 is 0 Å². The summed E-state index contributed by atoms with van der Waals surface area (Å²) < 4.78 is 5.33. The van der Waals surface area contributed by atoms with Gasteiger partial charge in [0.2, 0.25) is 0 Å². The summed E-state index contributed by atoms with van der Waals surface area (Å²) in [5, 5.41) is -0.543. The number of hydrogen-bond donors (Lipinski definition) is 0. The van der Waals surface area contributed by atoms with E-state index in [0.717, 1.165) is 24.4 Å². The lowest BCUT2D eigenvalue weighted by atomic mass is 10.0. The number of halogens is 1. The molecule has 1 aromatic rings. The van der Waals surface area contributed by atoms with Crippen LogP contribution in [0.3, 0.4) is 0 Å². The van der Waals surface area contributed by atoms with Gasteiger partial charge in [0.05, 0.1) is 0 Å². The first-order chi connectivity index (χ1) is 7.75. The molecule has 4 heteroatoms. The lowest BCUT2D eigenvalue weighted by Gasteiger charge is -2.34. The molecule has 1 heterocycles. The second kappa shape index (κ2) is 5.23. The molecule has 0 atom stereocenters. The summed E-state index contributed by atoms with van der Waals surface area (Å²) in [4.78, 5) is 13.3. The van der Waals surface area contributed by atoms with E-state index < -0.39 is 5.24 Å². The SMILES string of the molecule is CCN(Cc1cc(C(=O)Cl)oc1C)C(C)(C)C. The monoisotopic (exact) mass is 257 g/mol. The Hall–Kier alpha value is -0.800. The molecule has 0 radical (unpaired) electrons. The van der Waals surface area contributed by atoms with Crippen LogP contribution in [0.5, 0.6) is 0 Å². The Morgan fingerprint density at radius 1 is 1.47 bits per heavy atom. The summed E-state index contributed by atoms with van der Waals surface area (Å²) in [7, 11) is 0. The summed E-state index contributed by atoms with van der Waals surface area (Å²) in [6.07, 6.45) is 0. The van der Waals surface area contributed by atoms with Crippen LogP contribution in [0, 0.1) is 6.92 Å². The Morgan fingerprint density at radius 2 is 2.06 bits per heavy atom. The fraction of sp³-hybridized carbons (Fsp3) is 0.615. The highest BCUT2D eigenvalue weighted by Crippen LogP contribution is 2.22. The summed E-state index contributed by atoms with van der Waals surface area (Å²) in [6.45, 7) is 12.2. The average molecular weight is 258 g/mol. The molecule has 0 aromatic carbocycles. The molecule has 3 nitrogen and oxygen atoms in total. The summed E-state index contributed by atoms with van der Waals surface area (Å²) in [6, 6.07) is 1.74. The first-order valence-electron chi connectivity index (χ1n) is 5.80. The number of furan rings is 1. The van der Waals surface area contributed by atoms with Gasteiger partial charge in [-0.15, -0.1) is 0 Å². The molecule has 17 heavy (non-hydrogen) atoms. The molecule has 0 aliphatic heterocycles. The van der Waals surface area contributed by atoms with E-state index in [1.54, 1.807) is 6.07 Å². The van der Waals surface area contributed by atoms with E-state index in [-0.39, 0.29) is 11.3 Å². The van der Waals surface area contributed by atoms with Gasteiger partial charge in [-0.1, -0.05) is 6.92 Å². The quantitative estimate of drug-likeness (QED) is 0.773. The summed E-state index contributed by atoms with van der Waals surface area (Å²) in [5.41, 5.74) is 1.11. The number of aryl methyl sites for hydroxylation is 1. The summed E-state index contributed by atoms with van der Waals surface area (Å²) in [5.74, 6) is 0.987. The van der Waals surface area contributed by atoms with Gasteiger partial charge >= 0.3 is 0 Å². The van der Waals surface area contributed by atoms with Crippen molar-refractivity contribution in [1.82, 2.24) is 4.90 Å². The predicted octanol–water partition coefficient (Wildman–Crippen LogP) is 3.59. The maximum Gasteiger partial charge on any atom is 0.287 e. The lowest BCUT2D eigenvalue weighted by molar-refractivity contribution is 0.105. The van der Waals surface area contributed by atoms with Gasteiger partial charge in [-0.25, -0.2) is 0 Å². The molecule has 0 amide bonds. The zero-order valence-electron chi connectivity index (χ0n) is 11.1. The lowest BCUT2D eigenvalue weighted by Crippen LogP contribution is -2.40. The largest absolute Gasteiger partial charge is 0.457 e. The Morgan fingerprint density at radius 3 is 2.41 bits per heavy atom. The Kier molecular flexibility index (Phi) is 4.39. The van der Waals surface area contributed by atoms with E-state index in [0.29, 0.717) is 0 Å². The first-order valence-corrected chi connectivity index (χ1v) is 6.17. The Labute approximate surface area is 108 Å². The van der Waals surface area contributed by atoms with Gasteiger partial charge in [0.15, 0.2) is 5.76 Å². The van der Waals surface area contributed by atoms with Crippen molar-refractivity contribution in [2.24, 2.45) is 0 Å². The zero-order chi connectivity index (χ0) is 13.2. The molecule has 0 saturated carbocycles. The zero-order valence-corrected chi connectivity index (χ0v) is 11.9. The number of hydrogen-bond acceptors (Lipinski definition) is 3. The van der Waals surface area contributed by atoms with Crippen LogP contribution in [-0.2, 0) is 6.54 Å². The topological polar surface area (TPSA) is 33.5 Å². The molecule has 0 N–H and O–H groups in total. The van der Waals surface area contributed by atoms with Gasteiger partial charge in [-0.05, 0) is 51.9 Å². The van der Waals surface area contributed by atoms with Crippen LogP contribution < -0.4 is 0 Å². The highest BCUT2D eigenvalue weighted by Gasteiger charge is 2.22. The molecule has 0 fully saturated rings. The molecule has 0 saturated heterocycles. The number of rotatable bonds is 4. The highest BCUT2D eigenvalue weighted by molar-refractivity contribution is 6.67. The maximum absolute atomic E-state index is 11.0. The van der Waals surface area contributed by atoms with Crippen molar-refractivity contribution >= 4 is 16.8 Å². The van der Waals surface area contributed by atoms with E-state index in [1.165, 1.54) is 0 Å². The molecular weight excluding hydrogens is 238 g/mol. The van der Waals surface area contributed by atoms with E-state index in [2.05, 4.69) is 32.6 Å². The van der Waals surface area contributed by atoms with Gasteiger partial charge in [0.1, 0.15) is 5.76 Å². The van der Waals surface area contributed by atoms with Crippen molar-refractivity contribution in [2.75, 3.05) is 6.54 Å². The third kappa shape index (κ3) is 3.58. The maximum atomic E-state index is 11.0. The van der Waals surface area contributed by atoms with Crippen LogP contribution in [0.4, 0.5) is 0 Å².